The van der Waals surface area contributed by atoms with E-state index in [2.05, 4.69) is 17.5 Å². The molecule has 0 saturated heterocycles. The van der Waals surface area contributed by atoms with Crippen LogP contribution in [-0.4, -0.2) is 19.1 Å². The number of amides is 1. The van der Waals surface area contributed by atoms with Crippen molar-refractivity contribution in [2.45, 2.75) is 59.8 Å². The zero-order valence-electron chi connectivity index (χ0n) is 17.5. The molecule has 0 fully saturated rings. The highest BCUT2D eigenvalue weighted by Crippen LogP contribution is 2.37. The number of nitrogens with one attached hydrogen (secondary N) is 1. The average Bonchev–Trinajstić information content (AvgIpc) is 3.06. The third kappa shape index (κ3) is 4.49. The van der Waals surface area contributed by atoms with E-state index in [1.165, 1.54) is 31.3 Å². The molecule has 1 aromatic carbocycles. The van der Waals surface area contributed by atoms with Gasteiger partial charge in [-0.3, -0.25) is 4.79 Å². The second kappa shape index (κ2) is 9.13. The summed E-state index contributed by atoms with van der Waals surface area (Å²) in [6.07, 6.45) is 11.6. The minimum atomic E-state index is -0.0574. The number of carbonyl (C=O) groups excluding carboxylic acids is 1. The van der Waals surface area contributed by atoms with E-state index in [1.54, 1.807) is 12.3 Å². The minimum Gasteiger partial charge on any atom is -0.493 e. The number of fused-ring (bicyclic) bond motifs is 1. The second-order valence-electron chi connectivity index (χ2n) is 7.58. The van der Waals surface area contributed by atoms with Crippen LogP contribution in [0.4, 0.5) is 0 Å². The van der Waals surface area contributed by atoms with Crippen molar-refractivity contribution in [1.82, 2.24) is 5.32 Å². The topological polar surface area (TPSA) is 51.5 Å². The Morgan fingerprint density at radius 1 is 1.32 bits per heavy atom. The van der Waals surface area contributed by atoms with Crippen molar-refractivity contribution in [2.24, 2.45) is 0 Å². The summed E-state index contributed by atoms with van der Waals surface area (Å²) in [5, 5.41) is 4.09. The molecule has 1 heterocycles. The first kappa shape index (κ1) is 20.2. The Balaban J connectivity index is 1.77. The molecular formula is C24H31NO3. The predicted molar refractivity (Wildman–Crippen MR) is 115 cm³/mol. The van der Waals surface area contributed by atoms with Gasteiger partial charge >= 0.3 is 0 Å². The van der Waals surface area contributed by atoms with E-state index >= 15 is 0 Å². The van der Waals surface area contributed by atoms with Gasteiger partial charge in [0, 0.05) is 29.1 Å². The third-order valence-corrected chi connectivity index (χ3v) is 5.43. The maximum Gasteiger partial charge on any atom is 0.244 e. The quantitative estimate of drug-likeness (QED) is 0.483. The van der Waals surface area contributed by atoms with Gasteiger partial charge in [0.1, 0.15) is 11.3 Å². The maximum absolute atomic E-state index is 12.4. The van der Waals surface area contributed by atoms with Crippen molar-refractivity contribution in [3.05, 3.63) is 46.7 Å². The maximum atomic E-state index is 12.4. The van der Waals surface area contributed by atoms with Crippen LogP contribution < -0.4 is 10.1 Å². The number of benzene rings is 1. The number of furan rings is 1. The normalized spacial score (nSPS) is 14.9. The monoisotopic (exact) mass is 381 g/mol. The van der Waals surface area contributed by atoms with Gasteiger partial charge in [-0.05, 0) is 77.0 Å². The van der Waals surface area contributed by atoms with Crippen molar-refractivity contribution >= 4 is 22.4 Å². The molecule has 2 aromatic rings. The van der Waals surface area contributed by atoms with E-state index in [0.29, 0.717) is 13.2 Å². The van der Waals surface area contributed by atoms with Crippen molar-refractivity contribution in [1.29, 1.82) is 0 Å². The van der Waals surface area contributed by atoms with E-state index in [9.17, 15) is 4.79 Å². The number of aryl methyl sites for hydroxylation is 2. The van der Waals surface area contributed by atoms with Gasteiger partial charge in [0.2, 0.25) is 5.91 Å². The van der Waals surface area contributed by atoms with Gasteiger partial charge < -0.3 is 14.5 Å². The SMILES string of the molecule is CCOc1c(/C(C)=C/C(=O)NCCC2=CCCCC2)cc2c(C)coc2c1C. The van der Waals surface area contributed by atoms with Crippen LogP contribution in [0.5, 0.6) is 5.75 Å². The van der Waals surface area contributed by atoms with Gasteiger partial charge in [-0.1, -0.05) is 11.6 Å². The number of hydrogen-bond donors (Lipinski definition) is 1. The third-order valence-electron chi connectivity index (χ3n) is 5.43. The lowest BCUT2D eigenvalue weighted by atomic mass is 9.97. The molecule has 1 aliphatic rings. The molecule has 0 atom stereocenters. The summed E-state index contributed by atoms with van der Waals surface area (Å²) in [4.78, 5) is 12.4. The first-order chi connectivity index (χ1) is 13.5. The fourth-order valence-electron chi connectivity index (χ4n) is 3.86. The molecule has 4 heteroatoms. The van der Waals surface area contributed by atoms with Crippen molar-refractivity contribution < 1.29 is 13.9 Å². The minimum absolute atomic E-state index is 0.0574. The van der Waals surface area contributed by atoms with Crippen LogP contribution in [0, 0.1) is 13.8 Å². The van der Waals surface area contributed by atoms with Gasteiger partial charge in [-0.25, -0.2) is 0 Å². The molecule has 4 nitrogen and oxygen atoms in total. The molecule has 0 bridgehead atoms. The summed E-state index contributed by atoms with van der Waals surface area (Å²) in [6, 6.07) is 2.07. The van der Waals surface area contributed by atoms with Crippen LogP contribution in [0.25, 0.3) is 16.5 Å². The number of allylic oxidation sites excluding steroid dienone is 2. The Morgan fingerprint density at radius 2 is 2.14 bits per heavy atom. The summed E-state index contributed by atoms with van der Waals surface area (Å²) < 4.78 is 11.6. The number of rotatable bonds is 7. The number of ether oxygens (including phenoxy) is 1. The second-order valence-corrected chi connectivity index (χ2v) is 7.58. The van der Waals surface area contributed by atoms with Crippen LogP contribution in [0.1, 0.15) is 62.6 Å². The fraction of sp³-hybridized carbons (Fsp3) is 0.458. The smallest absolute Gasteiger partial charge is 0.244 e. The highest BCUT2D eigenvalue weighted by Gasteiger charge is 2.17. The molecule has 150 valence electrons. The van der Waals surface area contributed by atoms with Gasteiger partial charge in [0.05, 0.1) is 12.9 Å². The van der Waals surface area contributed by atoms with E-state index in [4.69, 9.17) is 9.15 Å². The fourth-order valence-corrected chi connectivity index (χ4v) is 3.86. The highest BCUT2D eigenvalue weighted by atomic mass is 16.5. The van der Waals surface area contributed by atoms with Crippen LogP contribution in [0.15, 0.2) is 34.5 Å². The number of hydrogen-bond acceptors (Lipinski definition) is 3. The van der Waals surface area contributed by atoms with Crippen molar-refractivity contribution in [3.8, 4) is 5.75 Å². The Labute approximate surface area is 167 Å². The van der Waals surface area contributed by atoms with Crippen LogP contribution in [0.3, 0.4) is 0 Å². The average molecular weight is 382 g/mol. The lowest BCUT2D eigenvalue weighted by molar-refractivity contribution is -0.116. The summed E-state index contributed by atoms with van der Waals surface area (Å²) in [7, 11) is 0. The van der Waals surface area contributed by atoms with Crippen LogP contribution in [-0.2, 0) is 4.79 Å². The molecule has 0 aliphatic heterocycles. The molecule has 0 radical (unpaired) electrons. The van der Waals surface area contributed by atoms with Crippen LogP contribution in [0.2, 0.25) is 0 Å². The molecular weight excluding hydrogens is 350 g/mol. The lowest BCUT2D eigenvalue weighted by Gasteiger charge is -2.15. The molecule has 1 N–H and O–H groups in total. The summed E-state index contributed by atoms with van der Waals surface area (Å²) in [5.74, 6) is 0.733. The van der Waals surface area contributed by atoms with Crippen molar-refractivity contribution in [3.63, 3.8) is 0 Å². The largest absolute Gasteiger partial charge is 0.493 e. The van der Waals surface area contributed by atoms with Gasteiger partial charge in [-0.2, -0.15) is 0 Å². The molecule has 1 amide bonds. The molecule has 28 heavy (non-hydrogen) atoms. The zero-order chi connectivity index (χ0) is 20.1. The van der Waals surface area contributed by atoms with Gasteiger partial charge in [0.15, 0.2) is 0 Å². The zero-order valence-corrected chi connectivity index (χ0v) is 17.5. The molecule has 0 unspecified atom stereocenters. The summed E-state index contributed by atoms with van der Waals surface area (Å²) in [6.45, 7) is 9.21. The molecule has 3 rings (SSSR count). The Kier molecular flexibility index (Phi) is 6.61. The van der Waals surface area contributed by atoms with E-state index in [1.807, 2.05) is 27.7 Å². The van der Waals surface area contributed by atoms with Crippen LogP contribution >= 0.6 is 0 Å². The summed E-state index contributed by atoms with van der Waals surface area (Å²) >= 11 is 0. The molecule has 0 spiro atoms. The first-order valence-electron chi connectivity index (χ1n) is 10.3. The Bertz CT molecular complexity index is 918. The van der Waals surface area contributed by atoms with E-state index < -0.39 is 0 Å². The van der Waals surface area contributed by atoms with E-state index in [-0.39, 0.29) is 5.91 Å². The van der Waals surface area contributed by atoms with Gasteiger partial charge in [0.25, 0.3) is 0 Å². The van der Waals surface area contributed by atoms with E-state index in [0.717, 1.165) is 45.4 Å². The molecule has 1 aliphatic carbocycles. The highest BCUT2D eigenvalue weighted by molar-refractivity contribution is 5.98. The Morgan fingerprint density at radius 3 is 2.86 bits per heavy atom. The van der Waals surface area contributed by atoms with Gasteiger partial charge in [-0.15, -0.1) is 0 Å². The lowest BCUT2D eigenvalue weighted by Crippen LogP contribution is -2.23. The standard InChI is InChI=1S/C24H31NO3/c1-5-27-23-18(4)24-21(17(3)15-28-24)14-20(23)16(2)13-22(26)25-12-11-19-9-7-6-8-10-19/h9,13-15H,5-8,10-12H2,1-4H3,(H,25,26)/b16-13+. The molecule has 1 aromatic heterocycles. The predicted octanol–water partition coefficient (Wildman–Crippen LogP) is 5.86. The van der Waals surface area contributed by atoms with Crippen molar-refractivity contribution in [2.75, 3.05) is 13.2 Å². The number of carbonyl (C=O) groups is 1. The first-order valence-corrected chi connectivity index (χ1v) is 10.3. The summed E-state index contributed by atoms with van der Waals surface area (Å²) in [5.41, 5.74) is 6.22. The molecule has 0 saturated carbocycles. The Hall–Kier alpha value is -2.49.